The molecular formula is C25H32Cl2N6O. The molecule has 34 heavy (non-hydrogen) atoms. The van der Waals surface area contributed by atoms with Gasteiger partial charge >= 0.3 is 0 Å². The number of halogens is 2. The summed E-state index contributed by atoms with van der Waals surface area (Å²) in [4.78, 5) is 11.3. The van der Waals surface area contributed by atoms with E-state index in [1.54, 1.807) is 12.4 Å². The van der Waals surface area contributed by atoms with Crippen LogP contribution in [0.2, 0.25) is 10.0 Å². The summed E-state index contributed by atoms with van der Waals surface area (Å²) < 4.78 is 6.47. The van der Waals surface area contributed by atoms with Gasteiger partial charge < -0.3 is 15.0 Å². The van der Waals surface area contributed by atoms with E-state index in [-0.39, 0.29) is 18.2 Å². The zero-order chi connectivity index (χ0) is 23.3. The largest absolute Gasteiger partial charge is 0.370 e. The molecule has 5 heterocycles. The Bertz CT molecular complexity index is 1000. The lowest BCUT2D eigenvalue weighted by Gasteiger charge is -2.48. The van der Waals surface area contributed by atoms with Gasteiger partial charge in [-0.05, 0) is 56.7 Å². The molecule has 1 aliphatic carbocycles. The minimum Gasteiger partial charge on any atom is -0.370 e. The molecule has 2 aromatic rings. The number of hydrogen-bond donors (Lipinski definition) is 3. The topological polar surface area (TPSA) is 74.3 Å². The van der Waals surface area contributed by atoms with Crippen LogP contribution >= 0.6 is 23.2 Å². The fourth-order valence-electron chi connectivity index (χ4n) is 6.40. The average molecular weight is 503 g/mol. The summed E-state index contributed by atoms with van der Waals surface area (Å²) in [6, 6.07) is 5.10. The number of ether oxygens (including phenoxy) is 1. The maximum absolute atomic E-state index is 6.47. The molecule has 0 aromatic carbocycles. The van der Waals surface area contributed by atoms with Crippen molar-refractivity contribution in [1.29, 1.82) is 0 Å². The number of pyridine rings is 2. The summed E-state index contributed by atoms with van der Waals surface area (Å²) in [6.07, 6.45) is 9.62. The second-order valence-corrected chi connectivity index (χ2v) is 11.3. The second-order valence-electron chi connectivity index (χ2n) is 10.5. The summed E-state index contributed by atoms with van der Waals surface area (Å²) in [5.74, 6) is 1.53. The number of nitrogens with one attached hydrogen (secondary N) is 3. The van der Waals surface area contributed by atoms with E-state index >= 15 is 0 Å². The maximum Gasteiger partial charge on any atom is 0.128 e. The molecule has 0 bridgehead atoms. The van der Waals surface area contributed by atoms with Gasteiger partial charge in [-0.3, -0.25) is 10.4 Å². The predicted octanol–water partition coefficient (Wildman–Crippen LogP) is 4.05. The molecule has 4 fully saturated rings. The summed E-state index contributed by atoms with van der Waals surface area (Å²) in [6.45, 7) is 6.54. The second kappa shape index (κ2) is 9.19. The highest BCUT2D eigenvalue weighted by atomic mass is 35.5. The molecule has 4 aliphatic rings. The molecule has 3 saturated heterocycles. The third kappa shape index (κ3) is 4.21. The monoisotopic (exact) mass is 502 g/mol. The van der Waals surface area contributed by atoms with Gasteiger partial charge in [-0.1, -0.05) is 29.3 Å². The van der Waals surface area contributed by atoms with Crippen LogP contribution in [0.3, 0.4) is 0 Å². The molecule has 4 unspecified atom stereocenters. The Balaban J connectivity index is 1.10. The van der Waals surface area contributed by atoms with Crippen molar-refractivity contribution in [1.82, 2.24) is 26.1 Å². The SMILES string of the molecule is C[C@@H](OC1CCC2NNC(c3ccc(N4CC5(CCNC5)C4)nc3)C2C1)c1c(Cl)cncc1Cl. The first kappa shape index (κ1) is 23.0. The number of hydrogen-bond acceptors (Lipinski definition) is 7. The summed E-state index contributed by atoms with van der Waals surface area (Å²) in [5, 5.41) is 4.61. The van der Waals surface area contributed by atoms with Gasteiger partial charge in [-0.25, -0.2) is 10.4 Å². The van der Waals surface area contributed by atoms with Crippen LogP contribution < -0.4 is 21.1 Å². The molecule has 9 heteroatoms. The first-order valence-electron chi connectivity index (χ1n) is 12.4. The van der Waals surface area contributed by atoms with Gasteiger partial charge in [0.15, 0.2) is 0 Å². The first-order valence-corrected chi connectivity index (χ1v) is 13.1. The Morgan fingerprint density at radius 2 is 1.94 bits per heavy atom. The molecule has 0 radical (unpaired) electrons. The Labute approximate surface area is 210 Å². The quantitative estimate of drug-likeness (QED) is 0.569. The van der Waals surface area contributed by atoms with Crippen molar-refractivity contribution < 1.29 is 4.74 Å². The predicted molar refractivity (Wildman–Crippen MR) is 134 cm³/mol. The first-order chi connectivity index (χ1) is 16.5. The highest BCUT2D eigenvalue weighted by Crippen LogP contribution is 2.42. The van der Waals surface area contributed by atoms with Gasteiger partial charge in [0.25, 0.3) is 0 Å². The maximum atomic E-state index is 6.47. The fourth-order valence-corrected chi connectivity index (χ4v) is 7.07. The van der Waals surface area contributed by atoms with Crippen molar-refractivity contribution >= 4 is 29.0 Å². The molecule has 7 nitrogen and oxygen atoms in total. The van der Waals surface area contributed by atoms with E-state index < -0.39 is 0 Å². The van der Waals surface area contributed by atoms with Gasteiger partial charge in [-0.2, -0.15) is 0 Å². The van der Waals surface area contributed by atoms with Gasteiger partial charge in [0.1, 0.15) is 5.82 Å². The van der Waals surface area contributed by atoms with E-state index in [1.807, 2.05) is 6.92 Å². The minimum absolute atomic E-state index is 0.158. The van der Waals surface area contributed by atoms with Crippen molar-refractivity contribution in [2.45, 2.75) is 56.9 Å². The smallest absolute Gasteiger partial charge is 0.128 e. The molecule has 0 amide bonds. The van der Waals surface area contributed by atoms with Gasteiger partial charge in [0, 0.05) is 55.2 Å². The molecule has 1 spiro atoms. The third-order valence-corrected chi connectivity index (χ3v) is 8.84. The van der Waals surface area contributed by atoms with Gasteiger partial charge in [0.05, 0.1) is 28.3 Å². The number of anilines is 1. The van der Waals surface area contributed by atoms with E-state index in [0.29, 0.717) is 27.4 Å². The van der Waals surface area contributed by atoms with E-state index in [0.717, 1.165) is 56.8 Å². The van der Waals surface area contributed by atoms with Crippen molar-refractivity contribution in [2.75, 3.05) is 31.1 Å². The number of aromatic nitrogens is 2. The molecule has 3 aliphatic heterocycles. The molecule has 182 valence electrons. The van der Waals surface area contributed by atoms with Crippen molar-refractivity contribution in [3.63, 3.8) is 0 Å². The van der Waals surface area contributed by atoms with Gasteiger partial charge in [0.2, 0.25) is 0 Å². The van der Waals surface area contributed by atoms with Crippen LogP contribution in [-0.2, 0) is 4.74 Å². The number of hydrazine groups is 1. The molecule has 6 rings (SSSR count). The zero-order valence-electron chi connectivity index (χ0n) is 19.4. The standard InChI is InChI=1S/C25H32Cl2N6O/c1-15(23-19(26)10-29-11-20(23)27)34-17-3-4-21-18(8-17)24(32-31-21)16-2-5-22(30-9-16)33-13-25(14-33)6-7-28-12-25/h2,5,9-11,15,17-18,21,24,28,31-32H,3-4,6-8,12-14H2,1H3/t15-,17?,18?,21?,24?/m1/s1. The van der Waals surface area contributed by atoms with Crippen LogP contribution in [0.1, 0.15) is 55.9 Å². The fraction of sp³-hybridized carbons (Fsp3) is 0.600. The van der Waals surface area contributed by atoms with E-state index in [4.69, 9.17) is 32.9 Å². The molecule has 3 N–H and O–H groups in total. The number of fused-ring (bicyclic) bond motifs is 1. The van der Waals surface area contributed by atoms with Crippen LogP contribution in [0.25, 0.3) is 0 Å². The Kier molecular flexibility index (Phi) is 6.20. The third-order valence-electron chi connectivity index (χ3n) is 8.24. The van der Waals surface area contributed by atoms with Gasteiger partial charge in [-0.15, -0.1) is 0 Å². The highest BCUT2D eigenvalue weighted by molar-refractivity contribution is 6.35. The van der Waals surface area contributed by atoms with Crippen LogP contribution in [0.5, 0.6) is 0 Å². The zero-order valence-corrected chi connectivity index (χ0v) is 20.9. The van der Waals surface area contributed by atoms with Crippen molar-refractivity contribution in [3.05, 3.63) is 51.9 Å². The lowest BCUT2D eigenvalue weighted by molar-refractivity contribution is -0.0370. The van der Waals surface area contributed by atoms with E-state index in [9.17, 15) is 0 Å². The minimum atomic E-state index is -0.179. The van der Waals surface area contributed by atoms with Crippen LogP contribution in [-0.4, -0.2) is 48.3 Å². The lowest BCUT2D eigenvalue weighted by atomic mass is 9.78. The normalized spacial score (nSPS) is 30.9. The molecule has 1 saturated carbocycles. The van der Waals surface area contributed by atoms with Crippen LogP contribution in [0, 0.1) is 11.3 Å². The highest BCUT2D eigenvalue weighted by Gasteiger charge is 2.46. The number of nitrogens with zero attached hydrogens (tertiary/aromatic N) is 3. The molecular weight excluding hydrogens is 471 g/mol. The Hall–Kier alpha value is -1.48. The Morgan fingerprint density at radius 1 is 1.12 bits per heavy atom. The number of rotatable bonds is 5. The molecule has 5 atom stereocenters. The Morgan fingerprint density at radius 3 is 2.65 bits per heavy atom. The average Bonchev–Trinajstić information content (AvgIpc) is 3.46. The van der Waals surface area contributed by atoms with E-state index in [1.165, 1.54) is 12.0 Å². The summed E-state index contributed by atoms with van der Waals surface area (Å²) in [7, 11) is 0. The summed E-state index contributed by atoms with van der Waals surface area (Å²) >= 11 is 12.7. The van der Waals surface area contributed by atoms with Crippen LogP contribution in [0.4, 0.5) is 5.82 Å². The molecule has 2 aromatic heterocycles. The van der Waals surface area contributed by atoms with E-state index in [2.05, 4.69) is 44.4 Å². The van der Waals surface area contributed by atoms with Crippen molar-refractivity contribution in [3.8, 4) is 0 Å². The lowest BCUT2D eigenvalue weighted by Crippen LogP contribution is -2.57. The summed E-state index contributed by atoms with van der Waals surface area (Å²) in [5.41, 5.74) is 9.59. The van der Waals surface area contributed by atoms with Crippen molar-refractivity contribution in [2.24, 2.45) is 11.3 Å². The van der Waals surface area contributed by atoms with Crippen LogP contribution in [0.15, 0.2) is 30.7 Å².